The molecule has 18 heavy (non-hydrogen) atoms. The number of aryl methyl sites for hydroxylation is 2. The van der Waals surface area contributed by atoms with Gasteiger partial charge in [0.05, 0.1) is 0 Å². The molecule has 2 aromatic rings. The van der Waals surface area contributed by atoms with Crippen LogP contribution in [0.25, 0.3) is 11.1 Å². The molecule has 93 valence electrons. The zero-order chi connectivity index (χ0) is 11.3. The third kappa shape index (κ3) is 2.46. The monoisotopic (exact) mass is 355 g/mol. The Morgan fingerprint density at radius 3 is 1.56 bits per heavy atom. The zero-order valence-electron chi connectivity index (χ0n) is 10.4. The first-order valence-electron chi connectivity index (χ1n) is 5.59. The molecule has 0 bridgehead atoms. The van der Waals surface area contributed by atoms with Crippen LogP contribution in [0.15, 0.2) is 36.4 Å². The van der Waals surface area contributed by atoms with Gasteiger partial charge in [-0.1, -0.05) is 0 Å². The molecule has 0 N–H and O–H groups in total. The quantitative estimate of drug-likeness (QED) is 0.637. The molecule has 0 saturated carbocycles. The number of fused-ring (bicyclic) bond motifs is 3. The Bertz CT molecular complexity index is 527. The van der Waals surface area contributed by atoms with E-state index < -0.39 is 0 Å². The van der Waals surface area contributed by atoms with Crippen molar-refractivity contribution < 1.29 is 24.7 Å². The van der Waals surface area contributed by atoms with E-state index in [0.29, 0.717) is 3.63 Å². The van der Waals surface area contributed by atoms with E-state index in [4.69, 9.17) is 0 Å². The largest absolute Gasteiger partial charge is 0.147 e. The van der Waals surface area contributed by atoms with Gasteiger partial charge in [-0.05, 0) is 0 Å². The van der Waals surface area contributed by atoms with E-state index in [9.17, 15) is 0 Å². The maximum absolute atomic E-state index is 2.35. The Morgan fingerprint density at radius 1 is 0.778 bits per heavy atom. The van der Waals surface area contributed by atoms with Crippen molar-refractivity contribution in [1.82, 2.24) is 0 Å². The van der Waals surface area contributed by atoms with Crippen LogP contribution in [0, 0.1) is 13.8 Å². The van der Waals surface area contributed by atoms with Gasteiger partial charge in [0.15, 0.2) is 0 Å². The number of rotatable bonds is 0. The van der Waals surface area contributed by atoms with Crippen molar-refractivity contribution in [2.45, 2.75) is 17.5 Å². The number of hydrogen-bond donors (Lipinski definition) is 0. The second kappa shape index (κ2) is 5.91. The first-order chi connectivity index (χ1) is 7.66. The predicted molar refractivity (Wildman–Crippen MR) is 77.7 cm³/mol. The van der Waals surface area contributed by atoms with E-state index in [1.165, 1.54) is 33.4 Å². The Labute approximate surface area is 136 Å². The van der Waals surface area contributed by atoms with Crippen LogP contribution < -0.4 is 0 Å². The topological polar surface area (TPSA) is 0 Å². The molecular formula is C15H15Cl2Zr. The fraction of sp³-hybridized carbons (Fsp3) is 0.200. The first-order valence-corrected chi connectivity index (χ1v) is 7.01. The van der Waals surface area contributed by atoms with Gasteiger partial charge in [-0.15, -0.1) is 24.8 Å². The molecule has 1 aliphatic rings. The fourth-order valence-electron chi connectivity index (χ4n) is 2.50. The van der Waals surface area contributed by atoms with Crippen LogP contribution in [0.2, 0.25) is 0 Å². The summed E-state index contributed by atoms with van der Waals surface area (Å²) in [5.41, 5.74) is 8.69. The third-order valence-corrected chi connectivity index (χ3v) is 4.86. The summed E-state index contributed by atoms with van der Waals surface area (Å²) in [7, 11) is 0. The normalized spacial score (nSPS) is 12.1. The number of benzene rings is 2. The molecular weight excluding hydrogens is 342 g/mol. The number of halogens is 2. The predicted octanol–water partition coefficient (Wildman–Crippen LogP) is 4.76. The van der Waals surface area contributed by atoms with Crippen molar-refractivity contribution in [2.75, 3.05) is 0 Å². The summed E-state index contributed by atoms with van der Waals surface area (Å²) in [6.45, 7) is 4.36. The van der Waals surface area contributed by atoms with Crippen LogP contribution in [-0.2, 0) is 24.7 Å². The minimum absolute atomic E-state index is 0. The van der Waals surface area contributed by atoms with Gasteiger partial charge in [-0.2, -0.15) is 0 Å². The Hall–Kier alpha value is -0.0969. The summed E-state index contributed by atoms with van der Waals surface area (Å²) in [4.78, 5) is 0. The van der Waals surface area contributed by atoms with E-state index in [0.717, 1.165) is 0 Å². The first kappa shape index (κ1) is 16.0. The van der Waals surface area contributed by atoms with Crippen LogP contribution in [-0.4, -0.2) is 0 Å². The van der Waals surface area contributed by atoms with E-state index in [-0.39, 0.29) is 24.8 Å². The van der Waals surface area contributed by atoms with E-state index in [1.807, 2.05) is 0 Å². The molecule has 0 atom stereocenters. The minimum Gasteiger partial charge on any atom is -0.147 e. The van der Waals surface area contributed by atoms with Crippen molar-refractivity contribution in [3.63, 3.8) is 0 Å². The molecule has 3 heteroatoms. The molecule has 0 unspecified atom stereocenters. The molecule has 0 saturated heterocycles. The third-order valence-electron chi connectivity index (χ3n) is 3.33. The summed E-state index contributed by atoms with van der Waals surface area (Å²) in [5, 5.41) is 0. The Morgan fingerprint density at radius 2 is 1.17 bits per heavy atom. The van der Waals surface area contributed by atoms with Gasteiger partial charge in [0.25, 0.3) is 0 Å². The van der Waals surface area contributed by atoms with Crippen molar-refractivity contribution in [1.29, 1.82) is 0 Å². The SMILES string of the molecule is Cc1ccc2c(c1)[CH]([Zr])c1cc(C)ccc1-2.Cl.Cl. The summed E-state index contributed by atoms with van der Waals surface area (Å²) >= 11 is 1.59. The van der Waals surface area contributed by atoms with Crippen LogP contribution >= 0.6 is 24.8 Å². The standard InChI is InChI=1S/C15H13.2ClH.Zr/c1-10-3-5-14-12(7-10)9-13-8-11(2)4-6-15(13)14;;;/h3-9H,1-2H3;2*1H;. The van der Waals surface area contributed by atoms with Gasteiger partial charge in [-0.3, -0.25) is 0 Å². The van der Waals surface area contributed by atoms with Crippen molar-refractivity contribution >= 4 is 24.8 Å². The molecule has 0 fully saturated rings. The number of hydrogen-bond acceptors (Lipinski definition) is 0. The van der Waals surface area contributed by atoms with Gasteiger partial charge in [0.2, 0.25) is 0 Å². The van der Waals surface area contributed by atoms with E-state index in [1.54, 1.807) is 24.7 Å². The smallest absolute Gasteiger partial charge is 0.147 e. The fourth-order valence-corrected chi connectivity index (χ4v) is 3.67. The van der Waals surface area contributed by atoms with E-state index >= 15 is 0 Å². The van der Waals surface area contributed by atoms with Crippen LogP contribution in [0.5, 0.6) is 0 Å². The van der Waals surface area contributed by atoms with Crippen LogP contribution in [0.3, 0.4) is 0 Å². The second-order valence-electron chi connectivity index (χ2n) is 4.61. The molecule has 0 heterocycles. The molecule has 0 amide bonds. The average molecular weight is 357 g/mol. The minimum atomic E-state index is 0. The van der Waals surface area contributed by atoms with Gasteiger partial charge in [-0.25, -0.2) is 0 Å². The molecule has 0 aromatic heterocycles. The molecule has 0 aliphatic heterocycles. The summed E-state index contributed by atoms with van der Waals surface area (Å²) in [6.07, 6.45) is 0. The molecule has 0 nitrogen and oxygen atoms in total. The van der Waals surface area contributed by atoms with Gasteiger partial charge in [0.1, 0.15) is 0 Å². The zero-order valence-corrected chi connectivity index (χ0v) is 14.4. The van der Waals surface area contributed by atoms with Crippen molar-refractivity contribution in [3.05, 3.63) is 58.7 Å². The Kier molecular flexibility index (Phi) is 5.24. The molecule has 0 radical (unpaired) electrons. The van der Waals surface area contributed by atoms with Crippen molar-refractivity contribution in [3.8, 4) is 11.1 Å². The molecule has 0 spiro atoms. The van der Waals surface area contributed by atoms with Gasteiger partial charge >= 0.3 is 112 Å². The molecule has 1 aliphatic carbocycles. The molecule has 3 rings (SSSR count). The average Bonchev–Trinajstić information content (AvgIpc) is 2.53. The van der Waals surface area contributed by atoms with Crippen LogP contribution in [0.4, 0.5) is 0 Å². The molecule has 2 aromatic carbocycles. The van der Waals surface area contributed by atoms with Crippen LogP contribution in [0.1, 0.15) is 25.9 Å². The summed E-state index contributed by atoms with van der Waals surface area (Å²) in [5.74, 6) is 0. The van der Waals surface area contributed by atoms with Gasteiger partial charge < -0.3 is 0 Å². The summed E-state index contributed by atoms with van der Waals surface area (Å²) in [6, 6.07) is 13.7. The maximum Gasteiger partial charge on any atom is -0.147 e. The second-order valence-corrected chi connectivity index (χ2v) is 6.03. The van der Waals surface area contributed by atoms with E-state index in [2.05, 4.69) is 50.2 Å². The summed E-state index contributed by atoms with van der Waals surface area (Å²) < 4.78 is 0.636. The Balaban J connectivity index is 0.000000810. The maximum atomic E-state index is 2.35. The van der Waals surface area contributed by atoms with Crippen molar-refractivity contribution in [2.24, 2.45) is 0 Å². The van der Waals surface area contributed by atoms with Gasteiger partial charge in [0, 0.05) is 0 Å².